The molecule has 4 rings (SSSR count). The van der Waals surface area contributed by atoms with Crippen molar-refractivity contribution in [3.05, 3.63) is 76.6 Å². The molecule has 8 heteroatoms. The number of fused-ring (bicyclic) bond motifs is 1. The van der Waals surface area contributed by atoms with Gasteiger partial charge in [-0.2, -0.15) is 4.73 Å². The molecule has 1 aromatic heterocycles. The van der Waals surface area contributed by atoms with E-state index in [1.165, 1.54) is 42.2 Å². The highest BCUT2D eigenvalue weighted by molar-refractivity contribution is 7.99. The summed E-state index contributed by atoms with van der Waals surface area (Å²) in [6.45, 7) is 4.76. The maximum absolute atomic E-state index is 15.2. The van der Waals surface area contributed by atoms with Crippen LogP contribution in [-0.2, 0) is 0 Å². The molecule has 1 aliphatic heterocycles. The molecule has 0 amide bonds. The summed E-state index contributed by atoms with van der Waals surface area (Å²) < 4.78 is 28.9. The summed E-state index contributed by atoms with van der Waals surface area (Å²) in [7, 11) is 0. The lowest BCUT2D eigenvalue weighted by atomic mass is 10.1. The molecule has 1 aliphatic rings. The van der Waals surface area contributed by atoms with Crippen LogP contribution in [0.5, 0.6) is 0 Å². The first-order chi connectivity index (χ1) is 15.5. The van der Waals surface area contributed by atoms with Crippen molar-refractivity contribution in [3.8, 4) is 0 Å². The Morgan fingerprint density at radius 1 is 1.22 bits per heavy atom. The molecule has 0 saturated carbocycles. The number of aromatic nitrogens is 1. The number of carbonyl (C=O) groups excluding carboxylic acids is 1. The fourth-order valence-corrected chi connectivity index (χ4v) is 4.80. The third-order valence-electron chi connectivity index (χ3n) is 5.30. The van der Waals surface area contributed by atoms with E-state index in [4.69, 9.17) is 0 Å². The van der Waals surface area contributed by atoms with Gasteiger partial charge in [-0.05, 0) is 41.7 Å². The minimum absolute atomic E-state index is 0.160. The number of nitrogens with one attached hydrogen (secondary N) is 1. The predicted molar refractivity (Wildman–Crippen MR) is 124 cm³/mol. The zero-order chi connectivity index (χ0) is 22.7. The number of hydrogen-bond donors (Lipinski definition) is 1. The van der Waals surface area contributed by atoms with Crippen molar-refractivity contribution in [2.24, 2.45) is 0 Å². The first kappa shape index (κ1) is 22.2. The molecule has 2 aromatic carbocycles. The number of benzene rings is 2. The van der Waals surface area contributed by atoms with Crippen LogP contribution >= 0.6 is 11.8 Å². The Bertz CT molecular complexity index is 1180. The smallest absolute Gasteiger partial charge is 0.239 e. The van der Waals surface area contributed by atoms with Crippen molar-refractivity contribution in [1.29, 1.82) is 0 Å². The summed E-state index contributed by atoms with van der Waals surface area (Å²) in [6, 6.07) is 8.59. The fraction of sp³-hybridized carbons (Fsp3) is 0.250. The maximum Gasteiger partial charge on any atom is 0.239 e. The van der Waals surface area contributed by atoms with Gasteiger partial charge in [-0.15, -0.1) is 11.8 Å². The van der Waals surface area contributed by atoms with Crippen LogP contribution in [0, 0.1) is 16.8 Å². The third kappa shape index (κ3) is 4.61. The Hall–Kier alpha value is -2.97. The lowest BCUT2D eigenvalue weighted by Gasteiger charge is -2.31. The van der Waals surface area contributed by atoms with Crippen molar-refractivity contribution in [3.63, 3.8) is 0 Å². The van der Waals surface area contributed by atoms with E-state index in [1.54, 1.807) is 24.3 Å². The minimum atomic E-state index is -0.401. The van der Waals surface area contributed by atoms with Gasteiger partial charge >= 0.3 is 0 Å². The molecule has 0 atom stereocenters. The van der Waals surface area contributed by atoms with E-state index in [1.807, 2.05) is 11.8 Å². The van der Waals surface area contributed by atoms with Crippen LogP contribution in [0.25, 0.3) is 17.0 Å². The molecule has 0 spiro atoms. The van der Waals surface area contributed by atoms with Crippen molar-refractivity contribution >= 4 is 40.2 Å². The average Bonchev–Trinajstić information content (AvgIpc) is 2.79. The summed E-state index contributed by atoms with van der Waals surface area (Å²) in [5.41, 5.74) is 1.63. The number of anilines is 1. The number of pyridine rings is 1. The summed E-state index contributed by atoms with van der Waals surface area (Å²) in [4.78, 5) is 15.2. The Balaban J connectivity index is 1.74. The molecule has 0 radical (unpaired) electrons. The summed E-state index contributed by atoms with van der Waals surface area (Å²) >= 11 is 1.42. The van der Waals surface area contributed by atoms with Crippen molar-refractivity contribution in [2.45, 2.75) is 11.8 Å². The normalized spacial score (nSPS) is 14.4. The second-order valence-corrected chi connectivity index (χ2v) is 8.72. The van der Waals surface area contributed by atoms with Crippen LogP contribution in [0.3, 0.4) is 0 Å². The van der Waals surface area contributed by atoms with Gasteiger partial charge in [0.2, 0.25) is 5.52 Å². The van der Waals surface area contributed by atoms with E-state index >= 15 is 4.39 Å². The second-order valence-electron chi connectivity index (χ2n) is 7.45. The molecule has 1 N–H and O–H groups in total. The molecule has 166 valence electrons. The topological polar surface area (TPSA) is 59.3 Å². The van der Waals surface area contributed by atoms with E-state index in [9.17, 15) is 14.4 Å². The number of allylic oxidation sites excluding steroid dienone is 1. The molecular formula is C24H23F2N3O2S. The van der Waals surface area contributed by atoms with E-state index in [-0.39, 0.29) is 11.4 Å². The Morgan fingerprint density at radius 2 is 1.94 bits per heavy atom. The quantitative estimate of drug-likeness (QED) is 0.199. The van der Waals surface area contributed by atoms with Crippen LogP contribution in [0.1, 0.15) is 22.8 Å². The van der Waals surface area contributed by atoms with Crippen molar-refractivity contribution in [2.75, 3.05) is 36.8 Å². The molecule has 1 saturated heterocycles. The SMILES string of the molecule is CCSc1c(N2CCNCC2)c(F)cc2cc(C(=O)C=Cc3ccc(F)cc3)c[n+]([O-])c12. The van der Waals surface area contributed by atoms with Crippen LogP contribution in [0.4, 0.5) is 14.5 Å². The Labute approximate surface area is 189 Å². The van der Waals surface area contributed by atoms with Gasteiger partial charge in [0, 0.05) is 26.2 Å². The standard InChI is InChI=1S/C24H23F2N3O2S/c1-2-32-24-22-17(14-20(26)23(24)28-11-9-27-10-12-28)13-18(15-29(22)31)21(30)8-5-16-3-6-19(25)7-4-16/h3-8,13-15,27H,2,9-12H2,1H3. The minimum Gasteiger partial charge on any atom is -0.618 e. The lowest BCUT2D eigenvalue weighted by molar-refractivity contribution is -0.578. The van der Waals surface area contributed by atoms with Gasteiger partial charge in [-0.3, -0.25) is 4.79 Å². The van der Waals surface area contributed by atoms with Crippen molar-refractivity contribution < 1.29 is 18.3 Å². The second kappa shape index (κ2) is 9.67. The summed E-state index contributed by atoms with van der Waals surface area (Å²) in [5.74, 6) is -0.476. The van der Waals surface area contributed by atoms with E-state index in [0.717, 1.165) is 13.1 Å². The van der Waals surface area contributed by atoms with Gasteiger partial charge in [0.1, 0.15) is 16.5 Å². The van der Waals surface area contributed by atoms with Crippen LogP contribution in [-0.4, -0.2) is 37.7 Å². The molecular weight excluding hydrogens is 432 g/mol. The zero-order valence-corrected chi connectivity index (χ0v) is 18.4. The highest BCUT2D eigenvalue weighted by atomic mass is 32.2. The van der Waals surface area contributed by atoms with Gasteiger partial charge in [0.25, 0.3) is 0 Å². The Morgan fingerprint density at radius 3 is 2.62 bits per heavy atom. The molecule has 32 heavy (non-hydrogen) atoms. The van der Waals surface area contributed by atoms with E-state index < -0.39 is 11.6 Å². The largest absolute Gasteiger partial charge is 0.618 e. The number of piperazine rings is 1. The number of hydrogen-bond acceptors (Lipinski definition) is 5. The van der Waals surface area contributed by atoms with Crippen molar-refractivity contribution in [1.82, 2.24) is 5.32 Å². The maximum atomic E-state index is 15.2. The van der Waals surface area contributed by atoms with Crippen LogP contribution in [0.2, 0.25) is 0 Å². The molecule has 1 fully saturated rings. The number of rotatable bonds is 6. The third-order valence-corrected chi connectivity index (χ3v) is 6.27. The van der Waals surface area contributed by atoms with Gasteiger partial charge in [0.15, 0.2) is 12.0 Å². The number of carbonyl (C=O) groups is 1. The van der Waals surface area contributed by atoms with Gasteiger partial charge in [0.05, 0.1) is 16.6 Å². The number of thioether (sulfide) groups is 1. The Kier molecular flexibility index (Phi) is 6.72. The average molecular weight is 456 g/mol. The summed E-state index contributed by atoms with van der Waals surface area (Å²) in [5, 5.41) is 16.6. The predicted octanol–water partition coefficient (Wildman–Crippen LogP) is 4.17. The lowest BCUT2D eigenvalue weighted by Crippen LogP contribution is -2.44. The van der Waals surface area contributed by atoms with Gasteiger partial charge in [-0.1, -0.05) is 25.1 Å². The van der Waals surface area contributed by atoms with E-state index in [2.05, 4.69) is 5.32 Å². The monoisotopic (exact) mass is 455 g/mol. The first-order valence-electron chi connectivity index (χ1n) is 10.4. The van der Waals surface area contributed by atoms with Gasteiger partial charge in [-0.25, -0.2) is 8.78 Å². The molecule has 3 aromatic rings. The number of nitrogens with zero attached hydrogens (tertiary/aromatic N) is 2. The van der Waals surface area contributed by atoms with Crippen LogP contribution in [0.15, 0.2) is 53.6 Å². The molecule has 0 aliphatic carbocycles. The molecule has 0 unspecified atom stereocenters. The highest BCUT2D eigenvalue weighted by Crippen LogP contribution is 2.38. The summed E-state index contributed by atoms with van der Waals surface area (Å²) in [6.07, 6.45) is 4.11. The van der Waals surface area contributed by atoms with Crippen LogP contribution < -0.4 is 14.9 Å². The zero-order valence-electron chi connectivity index (χ0n) is 17.6. The van der Waals surface area contributed by atoms with E-state index in [0.29, 0.717) is 50.6 Å². The highest BCUT2D eigenvalue weighted by Gasteiger charge is 2.26. The molecule has 5 nitrogen and oxygen atoms in total. The number of ketones is 1. The fourth-order valence-electron chi connectivity index (χ4n) is 3.80. The first-order valence-corrected chi connectivity index (χ1v) is 11.4. The molecule has 2 heterocycles. The number of halogens is 2. The molecule has 0 bridgehead atoms. The van der Waals surface area contributed by atoms with Gasteiger partial charge < -0.3 is 15.4 Å².